The maximum atomic E-state index is 12.7. The molecule has 158 valence electrons. The summed E-state index contributed by atoms with van der Waals surface area (Å²) in [7, 11) is 4.77. The SMILES string of the molecule is COc1ccc(COc2ccc3c(c2)OC(=Cc2ccc(OC)c(OC)c2)C3=O)cc1. The van der Waals surface area contributed by atoms with Gasteiger partial charge in [0.25, 0.3) is 0 Å². The highest BCUT2D eigenvalue weighted by atomic mass is 16.5. The molecule has 0 aliphatic carbocycles. The van der Waals surface area contributed by atoms with Crippen LogP contribution in [0.25, 0.3) is 6.08 Å². The summed E-state index contributed by atoms with van der Waals surface area (Å²) in [6.07, 6.45) is 1.68. The van der Waals surface area contributed by atoms with E-state index in [9.17, 15) is 4.79 Å². The lowest BCUT2D eigenvalue weighted by Crippen LogP contribution is -1.98. The van der Waals surface area contributed by atoms with E-state index in [1.54, 1.807) is 57.7 Å². The molecule has 6 nitrogen and oxygen atoms in total. The van der Waals surface area contributed by atoms with Crippen molar-refractivity contribution in [1.82, 2.24) is 0 Å². The molecule has 0 amide bonds. The number of benzene rings is 3. The molecule has 0 radical (unpaired) electrons. The fourth-order valence-corrected chi connectivity index (χ4v) is 3.24. The van der Waals surface area contributed by atoms with Crippen LogP contribution in [0, 0.1) is 0 Å². The summed E-state index contributed by atoms with van der Waals surface area (Å²) in [6.45, 7) is 0.394. The number of fused-ring (bicyclic) bond motifs is 1. The van der Waals surface area contributed by atoms with Crippen molar-refractivity contribution in [3.63, 3.8) is 0 Å². The third-order valence-corrected chi connectivity index (χ3v) is 4.91. The molecule has 4 rings (SSSR count). The fourth-order valence-electron chi connectivity index (χ4n) is 3.24. The van der Waals surface area contributed by atoms with E-state index in [1.165, 1.54) is 0 Å². The van der Waals surface area contributed by atoms with Gasteiger partial charge in [-0.15, -0.1) is 0 Å². The third kappa shape index (κ3) is 4.33. The molecule has 3 aromatic carbocycles. The Labute approximate surface area is 180 Å². The van der Waals surface area contributed by atoms with E-state index in [4.69, 9.17) is 23.7 Å². The second-order valence-electron chi connectivity index (χ2n) is 6.85. The summed E-state index contributed by atoms with van der Waals surface area (Å²) in [5, 5.41) is 0. The number of hydrogen-bond acceptors (Lipinski definition) is 6. The summed E-state index contributed by atoms with van der Waals surface area (Å²) in [5.74, 6) is 3.15. The number of ketones is 1. The molecule has 31 heavy (non-hydrogen) atoms. The van der Waals surface area contributed by atoms with Crippen LogP contribution in [0.5, 0.6) is 28.7 Å². The lowest BCUT2D eigenvalue weighted by atomic mass is 10.1. The smallest absolute Gasteiger partial charge is 0.231 e. The molecule has 0 aromatic heterocycles. The molecule has 0 bridgehead atoms. The molecule has 0 spiro atoms. The molecule has 3 aromatic rings. The van der Waals surface area contributed by atoms with Gasteiger partial charge in [0.1, 0.15) is 23.9 Å². The van der Waals surface area contributed by atoms with Gasteiger partial charge >= 0.3 is 0 Å². The number of rotatable bonds is 7. The third-order valence-electron chi connectivity index (χ3n) is 4.91. The molecule has 0 saturated carbocycles. The first kappa shape index (κ1) is 20.3. The average molecular weight is 418 g/mol. The number of allylic oxidation sites excluding steroid dienone is 1. The predicted octanol–water partition coefficient (Wildman–Crippen LogP) is 4.91. The van der Waals surface area contributed by atoms with Gasteiger partial charge in [-0.2, -0.15) is 0 Å². The zero-order valence-corrected chi connectivity index (χ0v) is 17.5. The van der Waals surface area contributed by atoms with Gasteiger partial charge in [-0.25, -0.2) is 0 Å². The number of ether oxygens (including phenoxy) is 5. The first-order chi connectivity index (χ1) is 15.1. The van der Waals surface area contributed by atoms with Crippen molar-refractivity contribution in [2.24, 2.45) is 0 Å². The summed E-state index contributed by atoms with van der Waals surface area (Å²) < 4.78 is 27.4. The van der Waals surface area contributed by atoms with Crippen LogP contribution < -0.4 is 23.7 Å². The summed E-state index contributed by atoms with van der Waals surface area (Å²) >= 11 is 0. The summed E-state index contributed by atoms with van der Waals surface area (Å²) in [5.41, 5.74) is 2.28. The Hall–Kier alpha value is -3.93. The van der Waals surface area contributed by atoms with Gasteiger partial charge in [-0.05, 0) is 53.6 Å². The molecule has 0 unspecified atom stereocenters. The van der Waals surface area contributed by atoms with Crippen LogP contribution >= 0.6 is 0 Å². The van der Waals surface area contributed by atoms with Crippen molar-refractivity contribution >= 4 is 11.9 Å². The zero-order chi connectivity index (χ0) is 21.8. The van der Waals surface area contributed by atoms with Crippen LogP contribution in [0.1, 0.15) is 21.5 Å². The van der Waals surface area contributed by atoms with E-state index in [0.29, 0.717) is 35.2 Å². The first-order valence-electron chi connectivity index (χ1n) is 9.67. The van der Waals surface area contributed by atoms with Gasteiger partial charge in [0.05, 0.1) is 26.9 Å². The van der Waals surface area contributed by atoms with Crippen molar-refractivity contribution < 1.29 is 28.5 Å². The largest absolute Gasteiger partial charge is 0.497 e. The number of methoxy groups -OCH3 is 3. The van der Waals surface area contributed by atoms with Crippen LogP contribution in [-0.4, -0.2) is 27.1 Å². The van der Waals surface area contributed by atoms with E-state index >= 15 is 0 Å². The molecule has 0 saturated heterocycles. The number of carbonyl (C=O) groups excluding carboxylic acids is 1. The lowest BCUT2D eigenvalue weighted by Gasteiger charge is -2.08. The Morgan fingerprint density at radius 1 is 0.806 bits per heavy atom. The van der Waals surface area contributed by atoms with Crippen molar-refractivity contribution in [1.29, 1.82) is 0 Å². The molecule has 1 heterocycles. The summed E-state index contributed by atoms with van der Waals surface area (Å²) in [6, 6.07) is 18.3. The number of Topliss-reactive ketones (excluding diaryl/α,β-unsaturated/α-hetero) is 1. The quantitative estimate of drug-likeness (QED) is 0.508. The topological polar surface area (TPSA) is 63.2 Å². The van der Waals surface area contributed by atoms with Gasteiger partial charge in [0.15, 0.2) is 17.3 Å². The minimum absolute atomic E-state index is 0.175. The van der Waals surface area contributed by atoms with Gasteiger partial charge in [0, 0.05) is 6.07 Å². The molecule has 1 aliphatic rings. The highest BCUT2D eigenvalue weighted by molar-refractivity contribution is 6.14. The molecule has 0 atom stereocenters. The van der Waals surface area contributed by atoms with E-state index in [0.717, 1.165) is 16.9 Å². The number of hydrogen-bond donors (Lipinski definition) is 0. The zero-order valence-electron chi connectivity index (χ0n) is 17.5. The predicted molar refractivity (Wildman–Crippen MR) is 116 cm³/mol. The van der Waals surface area contributed by atoms with E-state index in [2.05, 4.69) is 0 Å². The Kier molecular flexibility index (Phi) is 5.80. The molecular weight excluding hydrogens is 396 g/mol. The Morgan fingerprint density at radius 2 is 1.55 bits per heavy atom. The molecule has 6 heteroatoms. The van der Waals surface area contributed by atoms with Gasteiger partial charge < -0.3 is 23.7 Å². The minimum atomic E-state index is -0.175. The Balaban J connectivity index is 1.49. The van der Waals surface area contributed by atoms with Crippen LogP contribution in [0.15, 0.2) is 66.4 Å². The van der Waals surface area contributed by atoms with Crippen LogP contribution in [0.3, 0.4) is 0 Å². The lowest BCUT2D eigenvalue weighted by molar-refractivity contribution is 0.101. The van der Waals surface area contributed by atoms with Gasteiger partial charge in [-0.1, -0.05) is 18.2 Å². The van der Waals surface area contributed by atoms with Crippen LogP contribution in [0.4, 0.5) is 0 Å². The maximum Gasteiger partial charge on any atom is 0.231 e. The second kappa shape index (κ2) is 8.83. The monoisotopic (exact) mass is 418 g/mol. The fraction of sp³-hybridized carbons (Fsp3) is 0.160. The first-order valence-corrected chi connectivity index (χ1v) is 9.67. The standard InChI is InChI=1S/C25H22O6/c1-27-18-7-4-16(5-8-18)15-30-19-9-10-20-22(14-19)31-24(25(20)26)13-17-6-11-21(28-2)23(12-17)29-3/h4-14H,15H2,1-3H3. The molecular formula is C25H22O6. The van der Waals surface area contributed by atoms with E-state index in [1.807, 2.05) is 30.3 Å². The maximum absolute atomic E-state index is 12.7. The van der Waals surface area contributed by atoms with Crippen molar-refractivity contribution in [3.8, 4) is 28.7 Å². The van der Waals surface area contributed by atoms with Crippen molar-refractivity contribution in [3.05, 3.63) is 83.1 Å². The average Bonchev–Trinajstić information content (AvgIpc) is 3.12. The molecule has 1 aliphatic heterocycles. The molecule has 0 N–H and O–H groups in total. The highest BCUT2D eigenvalue weighted by Crippen LogP contribution is 2.36. The summed E-state index contributed by atoms with van der Waals surface area (Å²) in [4.78, 5) is 12.7. The minimum Gasteiger partial charge on any atom is -0.497 e. The van der Waals surface area contributed by atoms with Crippen molar-refractivity contribution in [2.75, 3.05) is 21.3 Å². The van der Waals surface area contributed by atoms with Crippen LogP contribution in [0.2, 0.25) is 0 Å². The normalized spacial score (nSPS) is 13.5. The van der Waals surface area contributed by atoms with Gasteiger partial charge in [0.2, 0.25) is 5.78 Å². The van der Waals surface area contributed by atoms with Crippen LogP contribution in [-0.2, 0) is 6.61 Å². The molecule has 0 fully saturated rings. The highest BCUT2D eigenvalue weighted by Gasteiger charge is 2.27. The Bertz CT molecular complexity index is 1130. The van der Waals surface area contributed by atoms with E-state index < -0.39 is 0 Å². The number of carbonyl (C=O) groups is 1. The van der Waals surface area contributed by atoms with Crippen molar-refractivity contribution in [2.45, 2.75) is 6.61 Å². The van der Waals surface area contributed by atoms with E-state index in [-0.39, 0.29) is 11.5 Å². The Morgan fingerprint density at radius 3 is 2.26 bits per heavy atom. The van der Waals surface area contributed by atoms with Gasteiger partial charge in [-0.3, -0.25) is 4.79 Å². The second-order valence-corrected chi connectivity index (χ2v) is 6.85.